The van der Waals surface area contributed by atoms with E-state index in [0.717, 1.165) is 5.01 Å². The number of nitrogens with one attached hydrogen (secondary N) is 1. The van der Waals surface area contributed by atoms with Gasteiger partial charge in [0.05, 0.1) is 0 Å². The first-order valence-corrected chi connectivity index (χ1v) is 9.00. The van der Waals surface area contributed by atoms with Crippen LogP contribution in [0.5, 0.6) is 0 Å². The summed E-state index contributed by atoms with van der Waals surface area (Å²) in [5, 5.41) is 6.78. The van der Waals surface area contributed by atoms with Gasteiger partial charge in [0, 0.05) is 34.6 Å². The Labute approximate surface area is 129 Å². The van der Waals surface area contributed by atoms with Crippen molar-refractivity contribution in [1.29, 1.82) is 0 Å². The van der Waals surface area contributed by atoms with E-state index in [1.165, 1.54) is 29.2 Å². The van der Waals surface area contributed by atoms with Crippen molar-refractivity contribution in [2.75, 3.05) is 16.8 Å². The van der Waals surface area contributed by atoms with E-state index in [2.05, 4.69) is 60.2 Å². The molecule has 1 aliphatic rings. The highest BCUT2D eigenvalue weighted by Crippen LogP contribution is 2.35. The van der Waals surface area contributed by atoms with E-state index in [0.29, 0.717) is 11.5 Å². The summed E-state index contributed by atoms with van der Waals surface area (Å²) in [5.41, 5.74) is 2.86. The molecule has 2 nitrogen and oxygen atoms in total. The summed E-state index contributed by atoms with van der Waals surface area (Å²) in [7, 11) is 0. The first-order chi connectivity index (χ1) is 9.62. The first kappa shape index (κ1) is 14.0. The van der Waals surface area contributed by atoms with Gasteiger partial charge in [-0.3, -0.25) is 0 Å². The van der Waals surface area contributed by atoms with Crippen LogP contribution in [0, 0.1) is 5.41 Å². The topological polar surface area (TPSA) is 24.9 Å². The third-order valence-corrected chi connectivity index (χ3v) is 5.99. The van der Waals surface area contributed by atoms with Gasteiger partial charge in [0.2, 0.25) is 0 Å². The molecule has 0 amide bonds. The largest absolute Gasteiger partial charge is 0.381 e. The summed E-state index contributed by atoms with van der Waals surface area (Å²) in [6.07, 6.45) is 3.10. The molecular weight excluding hydrogens is 284 g/mol. The molecule has 3 rings (SSSR count). The molecule has 1 aromatic heterocycles. The summed E-state index contributed by atoms with van der Waals surface area (Å²) in [6, 6.07) is 9.23. The standard InChI is InChI=1S/C16H20N2S2/c1-16(2)9-14(10-19-11-16)18-13-5-3-12(4-6-13)15-17-7-8-20-15/h3-8,14,18H,9-11H2,1-2H3. The van der Waals surface area contributed by atoms with E-state index in [4.69, 9.17) is 0 Å². The Hall–Kier alpha value is -1.00. The molecule has 1 fully saturated rings. The van der Waals surface area contributed by atoms with E-state index in [1.807, 2.05) is 11.6 Å². The number of hydrogen-bond donors (Lipinski definition) is 1. The molecule has 0 radical (unpaired) electrons. The maximum atomic E-state index is 4.35. The Kier molecular flexibility index (Phi) is 4.03. The van der Waals surface area contributed by atoms with Gasteiger partial charge in [-0.25, -0.2) is 4.98 Å². The third-order valence-electron chi connectivity index (χ3n) is 3.55. The minimum absolute atomic E-state index is 0.446. The predicted molar refractivity (Wildman–Crippen MR) is 90.7 cm³/mol. The van der Waals surface area contributed by atoms with Gasteiger partial charge in [0.1, 0.15) is 5.01 Å². The minimum Gasteiger partial charge on any atom is -0.381 e. The molecule has 1 aromatic carbocycles. The molecule has 1 N–H and O–H groups in total. The zero-order valence-electron chi connectivity index (χ0n) is 11.9. The Morgan fingerprint density at radius 1 is 1.25 bits per heavy atom. The molecule has 1 unspecified atom stereocenters. The van der Waals surface area contributed by atoms with Gasteiger partial charge in [-0.1, -0.05) is 13.8 Å². The highest BCUT2D eigenvalue weighted by molar-refractivity contribution is 7.99. The van der Waals surface area contributed by atoms with Gasteiger partial charge < -0.3 is 5.32 Å². The van der Waals surface area contributed by atoms with Gasteiger partial charge >= 0.3 is 0 Å². The van der Waals surface area contributed by atoms with Crippen LogP contribution in [0.15, 0.2) is 35.8 Å². The summed E-state index contributed by atoms with van der Waals surface area (Å²) in [5.74, 6) is 2.48. The van der Waals surface area contributed by atoms with E-state index < -0.39 is 0 Å². The summed E-state index contributed by atoms with van der Waals surface area (Å²) >= 11 is 3.74. The molecule has 0 saturated carbocycles. The van der Waals surface area contributed by atoms with Gasteiger partial charge in [-0.2, -0.15) is 11.8 Å². The second-order valence-electron chi connectivity index (χ2n) is 6.14. The first-order valence-electron chi connectivity index (χ1n) is 6.97. The van der Waals surface area contributed by atoms with Crippen molar-refractivity contribution in [3.63, 3.8) is 0 Å². The highest BCUT2D eigenvalue weighted by Gasteiger charge is 2.28. The van der Waals surface area contributed by atoms with Gasteiger partial charge in [0.15, 0.2) is 0 Å². The summed E-state index contributed by atoms with van der Waals surface area (Å²) in [6.45, 7) is 4.72. The molecule has 1 saturated heterocycles. The zero-order valence-corrected chi connectivity index (χ0v) is 13.6. The lowest BCUT2D eigenvalue weighted by atomic mass is 9.88. The molecular formula is C16H20N2S2. The molecule has 2 aromatic rings. The SMILES string of the molecule is CC1(C)CSCC(Nc2ccc(-c3nccs3)cc2)C1. The van der Waals surface area contributed by atoms with Crippen LogP contribution >= 0.6 is 23.1 Å². The molecule has 106 valence electrons. The maximum absolute atomic E-state index is 4.35. The number of aromatic nitrogens is 1. The Morgan fingerprint density at radius 3 is 2.70 bits per heavy atom. The average Bonchev–Trinajstić information content (AvgIpc) is 2.92. The normalized spacial score (nSPS) is 21.6. The van der Waals surface area contributed by atoms with Crippen molar-refractivity contribution in [3.05, 3.63) is 35.8 Å². The Balaban J connectivity index is 1.66. The van der Waals surface area contributed by atoms with Gasteiger partial charge in [0.25, 0.3) is 0 Å². The van der Waals surface area contributed by atoms with Crippen LogP contribution in [0.4, 0.5) is 5.69 Å². The highest BCUT2D eigenvalue weighted by atomic mass is 32.2. The van der Waals surface area contributed by atoms with Crippen molar-refractivity contribution in [3.8, 4) is 10.6 Å². The fourth-order valence-corrected chi connectivity index (χ4v) is 4.58. The van der Waals surface area contributed by atoms with Gasteiger partial charge in [-0.15, -0.1) is 11.3 Å². The van der Waals surface area contributed by atoms with Gasteiger partial charge in [-0.05, 0) is 41.9 Å². The van der Waals surface area contributed by atoms with E-state index in [1.54, 1.807) is 11.3 Å². The molecule has 0 bridgehead atoms. The average molecular weight is 304 g/mol. The molecule has 2 heterocycles. The van der Waals surface area contributed by atoms with Crippen LogP contribution in [-0.2, 0) is 0 Å². The number of benzene rings is 1. The molecule has 0 spiro atoms. The van der Waals surface area contributed by atoms with Crippen LogP contribution < -0.4 is 5.32 Å². The quantitative estimate of drug-likeness (QED) is 0.885. The lowest BCUT2D eigenvalue weighted by Crippen LogP contribution is -2.35. The smallest absolute Gasteiger partial charge is 0.123 e. The summed E-state index contributed by atoms with van der Waals surface area (Å²) in [4.78, 5) is 4.35. The Bertz CT molecular complexity index is 546. The number of anilines is 1. The molecule has 20 heavy (non-hydrogen) atoms. The fraction of sp³-hybridized carbons (Fsp3) is 0.438. The van der Waals surface area contributed by atoms with Crippen LogP contribution in [0.25, 0.3) is 10.6 Å². The van der Waals surface area contributed by atoms with Crippen LogP contribution in [0.1, 0.15) is 20.3 Å². The minimum atomic E-state index is 0.446. The zero-order chi connectivity index (χ0) is 14.0. The third kappa shape index (κ3) is 3.36. The number of hydrogen-bond acceptors (Lipinski definition) is 4. The van der Waals surface area contributed by atoms with Crippen molar-refractivity contribution >= 4 is 28.8 Å². The number of nitrogens with zero attached hydrogens (tertiary/aromatic N) is 1. The second-order valence-corrected chi connectivity index (χ2v) is 8.06. The number of rotatable bonds is 3. The molecule has 0 aliphatic carbocycles. The Morgan fingerprint density at radius 2 is 2.05 bits per heavy atom. The van der Waals surface area contributed by atoms with Crippen LogP contribution in [-0.4, -0.2) is 22.5 Å². The van der Waals surface area contributed by atoms with E-state index in [9.17, 15) is 0 Å². The lowest BCUT2D eigenvalue weighted by Gasteiger charge is -2.35. The van der Waals surface area contributed by atoms with Crippen molar-refractivity contribution in [2.45, 2.75) is 26.3 Å². The van der Waals surface area contributed by atoms with Crippen molar-refractivity contribution in [1.82, 2.24) is 4.98 Å². The number of thioether (sulfide) groups is 1. The monoisotopic (exact) mass is 304 g/mol. The maximum Gasteiger partial charge on any atom is 0.123 e. The van der Waals surface area contributed by atoms with E-state index >= 15 is 0 Å². The predicted octanol–water partition coefficient (Wildman–Crippen LogP) is 4.75. The summed E-state index contributed by atoms with van der Waals surface area (Å²) < 4.78 is 0. The lowest BCUT2D eigenvalue weighted by molar-refractivity contribution is 0.358. The molecule has 4 heteroatoms. The van der Waals surface area contributed by atoms with E-state index in [-0.39, 0.29) is 0 Å². The fourth-order valence-electron chi connectivity index (χ4n) is 2.67. The van der Waals surface area contributed by atoms with Crippen LogP contribution in [0.2, 0.25) is 0 Å². The molecule has 1 atom stereocenters. The van der Waals surface area contributed by atoms with Crippen molar-refractivity contribution in [2.24, 2.45) is 5.41 Å². The second kappa shape index (κ2) is 5.78. The van der Waals surface area contributed by atoms with Crippen LogP contribution in [0.3, 0.4) is 0 Å². The number of thiazole rings is 1. The molecule has 1 aliphatic heterocycles. The van der Waals surface area contributed by atoms with Crippen molar-refractivity contribution < 1.29 is 0 Å².